The third-order valence-electron chi connectivity index (χ3n) is 4.66. The van der Waals surface area contributed by atoms with Crippen LogP contribution in [0.25, 0.3) is 0 Å². The van der Waals surface area contributed by atoms with Crippen molar-refractivity contribution in [2.75, 3.05) is 0 Å². The highest BCUT2D eigenvalue weighted by atomic mass is 19.1. The quantitative estimate of drug-likeness (QED) is 0.647. The molecule has 0 saturated heterocycles. The van der Waals surface area contributed by atoms with Crippen molar-refractivity contribution in [1.29, 1.82) is 0 Å². The first-order valence-corrected chi connectivity index (χ1v) is 7.48. The van der Waals surface area contributed by atoms with Crippen molar-refractivity contribution in [2.24, 2.45) is 17.7 Å². The molecule has 3 unspecified atom stereocenters. The van der Waals surface area contributed by atoms with E-state index in [1.54, 1.807) is 13.0 Å². The summed E-state index contributed by atoms with van der Waals surface area (Å²) in [5.74, 6) is 5.67. The predicted octanol–water partition coefficient (Wildman–Crippen LogP) is 3.99. The molecular weight excluding hydrogens is 258 g/mol. The van der Waals surface area contributed by atoms with Crippen LogP contribution in [0.5, 0.6) is 0 Å². The smallest absolute Gasteiger partial charge is 0.130 e. The first-order valence-electron chi connectivity index (χ1n) is 7.48. The van der Waals surface area contributed by atoms with Crippen molar-refractivity contribution in [3.05, 3.63) is 34.9 Å². The van der Waals surface area contributed by atoms with Crippen molar-refractivity contribution in [2.45, 2.75) is 52.0 Å². The Labute approximate surface area is 119 Å². The van der Waals surface area contributed by atoms with E-state index >= 15 is 0 Å². The van der Waals surface area contributed by atoms with Gasteiger partial charge in [-0.3, -0.25) is 11.3 Å². The van der Waals surface area contributed by atoms with E-state index in [-0.39, 0.29) is 6.04 Å². The fourth-order valence-corrected chi connectivity index (χ4v) is 3.40. The molecule has 0 spiro atoms. The first kappa shape index (κ1) is 15.4. The van der Waals surface area contributed by atoms with Gasteiger partial charge in [0.05, 0.1) is 6.04 Å². The summed E-state index contributed by atoms with van der Waals surface area (Å²) in [7, 11) is 0. The summed E-state index contributed by atoms with van der Waals surface area (Å²) in [5, 5.41) is 0. The minimum absolute atomic E-state index is 0.233. The number of nitrogens with two attached hydrogens (primary N) is 1. The first-order chi connectivity index (χ1) is 9.56. The van der Waals surface area contributed by atoms with E-state index in [0.717, 1.165) is 31.7 Å². The summed E-state index contributed by atoms with van der Waals surface area (Å²) in [4.78, 5) is 0. The maximum atomic E-state index is 14.1. The Morgan fingerprint density at radius 2 is 2.05 bits per heavy atom. The molecule has 0 aromatic heterocycles. The highest BCUT2D eigenvalue weighted by molar-refractivity contribution is 5.28. The molecule has 0 heterocycles. The fourth-order valence-electron chi connectivity index (χ4n) is 3.40. The van der Waals surface area contributed by atoms with E-state index in [2.05, 4.69) is 12.3 Å². The third-order valence-corrected chi connectivity index (χ3v) is 4.66. The second-order valence-electron chi connectivity index (χ2n) is 5.97. The monoisotopic (exact) mass is 282 g/mol. The lowest BCUT2D eigenvalue weighted by atomic mass is 9.75. The Morgan fingerprint density at radius 3 is 2.70 bits per heavy atom. The minimum atomic E-state index is -0.505. The Kier molecular flexibility index (Phi) is 5.11. The number of aryl methyl sites for hydroxylation is 1. The van der Waals surface area contributed by atoms with Gasteiger partial charge in [0.2, 0.25) is 0 Å². The zero-order valence-corrected chi connectivity index (χ0v) is 12.3. The van der Waals surface area contributed by atoms with Crippen LogP contribution in [0.1, 0.15) is 56.2 Å². The van der Waals surface area contributed by atoms with Gasteiger partial charge in [-0.25, -0.2) is 8.78 Å². The molecule has 1 aliphatic rings. The standard InChI is InChI=1S/C16H24F2N2/c1-3-11-5-4-6-12(8-11)16(20-19)13-7-10(2)14(17)9-15(13)18/h7,9,11-12,16,20H,3-6,8,19H2,1-2H3. The zero-order chi connectivity index (χ0) is 14.7. The lowest BCUT2D eigenvalue weighted by molar-refractivity contribution is 0.207. The van der Waals surface area contributed by atoms with Gasteiger partial charge in [-0.2, -0.15) is 0 Å². The fraction of sp³-hybridized carbons (Fsp3) is 0.625. The summed E-state index contributed by atoms with van der Waals surface area (Å²) >= 11 is 0. The minimum Gasteiger partial charge on any atom is -0.271 e. The number of rotatable bonds is 4. The second kappa shape index (κ2) is 6.64. The molecule has 112 valence electrons. The average molecular weight is 282 g/mol. The van der Waals surface area contributed by atoms with Crippen molar-refractivity contribution >= 4 is 0 Å². The summed E-state index contributed by atoms with van der Waals surface area (Å²) < 4.78 is 27.5. The molecule has 2 rings (SSSR count). The molecule has 3 N–H and O–H groups in total. The number of benzene rings is 1. The van der Waals surface area contributed by atoms with Crippen LogP contribution in [0.2, 0.25) is 0 Å². The van der Waals surface area contributed by atoms with E-state index in [1.165, 1.54) is 6.42 Å². The second-order valence-corrected chi connectivity index (χ2v) is 5.97. The van der Waals surface area contributed by atoms with E-state index in [0.29, 0.717) is 23.0 Å². The van der Waals surface area contributed by atoms with Crippen LogP contribution in [-0.4, -0.2) is 0 Å². The molecule has 4 heteroatoms. The van der Waals surface area contributed by atoms with Crippen molar-refractivity contribution in [3.8, 4) is 0 Å². The Bertz CT molecular complexity index is 462. The molecule has 1 fully saturated rings. The van der Waals surface area contributed by atoms with Gasteiger partial charge < -0.3 is 0 Å². The Balaban J connectivity index is 2.25. The molecule has 2 nitrogen and oxygen atoms in total. The highest BCUT2D eigenvalue weighted by Crippen LogP contribution is 2.39. The van der Waals surface area contributed by atoms with Crippen LogP contribution < -0.4 is 11.3 Å². The molecule has 20 heavy (non-hydrogen) atoms. The molecular formula is C16H24F2N2. The van der Waals surface area contributed by atoms with Crippen molar-refractivity contribution < 1.29 is 8.78 Å². The van der Waals surface area contributed by atoms with Crippen LogP contribution >= 0.6 is 0 Å². The summed E-state index contributed by atoms with van der Waals surface area (Å²) in [6.07, 6.45) is 5.65. The third kappa shape index (κ3) is 3.18. The predicted molar refractivity (Wildman–Crippen MR) is 76.9 cm³/mol. The Morgan fingerprint density at radius 1 is 1.30 bits per heavy atom. The number of hydrazine groups is 1. The molecule has 0 amide bonds. The molecule has 1 aromatic rings. The lowest BCUT2D eigenvalue weighted by Crippen LogP contribution is -2.36. The van der Waals surface area contributed by atoms with Crippen LogP contribution in [0.4, 0.5) is 8.78 Å². The Hall–Kier alpha value is -1.00. The maximum absolute atomic E-state index is 14.1. The van der Waals surface area contributed by atoms with Gasteiger partial charge in [0.25, 0.3) is 0 Å². The summed E-state index contributed by atoms with van der Waals surface area (Å²) in [6.45, 7) is 3.85. The van der Waals surface area contributed by atoms with E-state index in [9.17, 15) is 8.78 Å². The number of halogens is 2. The SMILES string of the molecule is CCC1CCCC(C(NN)c2cc(C)c(F)cc2F)C1. The van der Waals surface area contributed by atoms with Crippen LogP contribution in [0.3, 0.4) is 0 Å². The van der Waals surface area contributed by atoms with Gasteiger partial charge in [0.1, 0.15) is 11.6 Å². The molecule has 0 radical (unpaired) electrons. The summed E-state index contributed by atoms with van der Waals surface area (Å²) in [5.41, 5.74) is 3.71. The van der Waals surface area contributed by atoms with Gasteiger partial charge in [-0.05, 0) is 43.2 Å². The molecule has 1 aliphatic carbocycles. The molecule has 0 bridgehead atoms. The van der Waals surface area contributed by atoms with Gasteiger partial charge in [-0.1, -0.05) is 26.2 Å². The number of nitrogens with one attached hydrogen (secondary N) is 1. The molecule has 3 atom stereocenters. The average Bonchev–Trinajstić information content (AvgIpc) is 2.45. The van der Waals surface area contributed by atoms with Gasteiger partial charge in [0.15, 0.2) is 0 Å². The summed E-state index contributed by atoms with van der Waals surface area (Å²) in [6, 6.07) is 2.32. The topological polar surface area (TPSA) is 38.0 Å². The molecule has 1 aromatic carbocycles. The highest BCUT2D eigenvalue weighted by Gasteiger charge is 2.30. The molecule has 1 saturated carbocycles. The van der Waals surface area contributed by atoms with E-state index in [1.807, 2.05) is 0 Å². The maximum Gasteiger partial charge on any atom is 0.130 e. The van der Waals surface area contributed by atoms with E-state index in [4.69, 9.17) is 5.84 Å². The molecule has 0 aliphatic heterocycles. The van der Waals surface area contributed by atoms with E-state index < -0.39 is 11.6 Å². The van der Waals surface area contributed by atoms with Gasteiger partial charge in [0, 0.05) is 11.6 Å². The van der Waals surface area contributed by atoms with Gasteiger partial charge >= 0.3 is 0 Å². The lowest BCUT2D eigenvalue weighted by Gasteiger charge is -2.34. The largest absolute Gasteiger partial charge is 0.271 e. The van der Waals surface area contributed by atoms with Crippen LogP contribution in [0.15, 0.2) is 12.1 Å². The van der Waals surface area contributed by atoms with Crippen molar-refractivity contribution in [3.63, 3.8) is 0 Å². The van der Waals surface area contributed by atoms with Crippen LogP contribution in [0, 0.1) is 30.4 Å². The van der Waals surface area contributed by atoms with Crippen molar-refractivity contribution in [1.82, 2.24) is 5.43 Å². The normalized spacial score (nSPS) is 24.6. The van der Waals surface area contributed by atoms with Gasteiger partial charge in [-0.15, -0.1) is 0 Å². The van der Waals surface area contributed by atoms with Crippen LogP contribution in [-0.2, 0) is 0 Å². The number of hydrogen-bond acceptors (Lipinski definition) is 2. The number of hydrogen-bond donors (Lipinski definition) is 2. The zero-order valence-electron chi connectivity index (χ0n) is 12.3.